The van der Waals surface area contributed by atoms with Gasteiger partial charge in [0.15, 0.2) is 0 Å². The standard InChI is InChI=1S/C14H19NO2/c1-4-9-17-10-12-7-5-6-8-13(12)14(16)15-11(2)3/h4-8,11H,1,9-10H2,2-3H3,(H,15,16). The minimum Gasteiger partial charge on any atom is -0.373 e. The quantitative estimate of drug-likeness (QED) is 0.605. The highest BCUT2D eigenvalue weighted by molar-refractivity contribution is 5.95. The molecule has 0 spiro atoms. The van der Waals surface area contributed by atoms with Crippen LogP contribution in [0.15, 0.2) is 36.9 Å². The van der Waals surface area contributed by atoms with Crippen LogP contribution < -0.4 is 5.32 Å². The van der Waals surface area contributed by atoms with E-state index < -0.39 is 0 Å². The van der Waals surface area contributed by atoms with Gasteiger partial charge in [-0.05, 0) is 25.5 Å². The lowest BCUT2D eigenvalue weighted by Crippen LogP contribution is -2.30. The lowest BCUT2D eigenvalue weighted by atomic mass is 10.1. The molecule has 1 aromatic rings. The first-order valence-electron chi connectivity index (χ1n) is 5.72. The molecule has 0 heterocycles. The Labute approximate surface area is 102 Å². The molecule has 0 saturated heterocycles. The maximum absolute atomic E-state index is 11.9. The molecule has 0 radical (unpaired) electrons. The van der Waals surface area contributed by atoms with Gasteiger partial charge in [-0.1, -0.05) is 24.3 Å². The van der Waals surface area contributed by atoms with Crippen molar-refractivity contribution in [3.8, 4) is 0 Å². The molecule has 1 amide bonds. The van der Waals surface area contributed by atoms with Gasteiger partial charge in [-0.25, -0.2) is 0 Å². The monoisotopic (exact) mass is 233 g/mol. The van der Waals surface area contributed by atoms with Gasteiger partial charge in [-0.2, -0.15) is 0 Å². The van der Waals surface area contributed by atoms with Crippen molar-refractivity contribution >= 4 is 5.91 Å². The van der Waals surface area contributed by atoms with E-state index in [2.05, 4.69) is 11.9 Å². The fourth-order valence-corrected chi connectivity index (χ4v) is 1.46. The second kappa shape index (κ2) is 6.86. The summed E-state index contributed by atoms with van der Waals surface area (Å²) in [5.41, 5.74) is 1.57. The zero-order chi connectivity index (χ0) is 12.7. The number of benzene rings is 1. The van der Waals surface area contributed by atoms with E-state index in [0.29, 0.717) is 18.8 Å². The number of rotatable bonds is 6. The lowest BCUT2D eigenvalue weighted by Gasteiger charge is -2.12. The number of hydrogen-bond donors (Lipinski definition) is 1. The van der Waals surface area contributed by atoms with Crippen molar-refractivity contribution in [3.05, 3.63) is 48.0 Å². The molecular formula is C14H19NO2. The summed E-state index contributed by atoms with van der Waals surface area (Å²) in [7, 11) is 0. The number of nitrogens with one attached hydrogen (secondary N) is 1. The van der Waals surface area contributed by atoms with E-state index in [9.17, 15) is 4.79 Å². The van der Waals surface area contributed by atoms with Gasteiger partial charge in [-0.3, -0.25) is 4.79 Å². The topological polar surface area (TPSA) is 38.3 Å². The van der Waals surface area contributed by atoms with Crippen LogP contribution in [0.3, 0.4) is 0 Å². The van der Waals surface area contributed by atoms with Crippen molar-refractivity contribution in [3.63, 3.8) is 0 Å². The predicted molar refractivity (Wildman–Crippen MR) is 68.9 cm³/mol. The fraction of sp³-hybridized carbons (Fsp3) is 0.357. The molecule has 0 aliphatic carbocycles. The Hall–Kier alpha value is -1.61. The van der Waals surface area contributed by atoms with Crippen molar-refractivity contribution in [2.24, 2.45) is 0 Å². The zero-order valence-electron chi connectivity index (χ0n) is 10.4. The van der Waals surface area contributed by atoms with Crippen molar-refractivity contribution < 1.29 is 9.53 Å². The summed E-state index contributed by atoms with van der Waals surface area (Å²) < 4.78 is 5.37. The van der Waals surface area contributed by atoms with Crippen LogP contribution in [0.25, 0.3) is 0 Å². The van der Waals surface area contributed by atoms with E-state index in [0.717, 1.165) is 5.56 Å². The van der Waals surface area contributed by atoms with Crippen LogP contribution in [0.1, 0.15) is 29.8 Å². The summed E-state index contributed by atoms with van der Waals surface area (Å²) in [5, 5.41) is 2.88. The Morgan fingerprint density at radius 1 is 1.47 bits per heavy atom. The molecule has 92 valence electrons. The van der Waals surface area contributed by atoms with Crippen LogP contribution in [0, 0.1) is 0 Å². The van der Waals surface area contributed by atoms with E-state index in [1.54, 1.807) is 6.08 Å². The molecule has 1 rings (SSSR count). The van der Waals surface area contributed by atoms with Gasteiger partial charge in [-0.15, -0.1) is 6.58 Å². The van der Waals surface area contributed by atoms with Crippen LogP contribution in [-0.4, -0.2) is 18.6 Å². The Balaban J connectivity index is 2.76. The Morgan fingerprint density at radius 3 is 2.82 bits per heavy atom. The third kappa shape index (κ3) is 4.41. The predicted octanol–water partition coefficient (Wildman–Crippen LogP) is 2.53. The second-order valence-electron chi connectivity index (χ2n) is 4.09. The molecule has 0 atom stereocenters. The molecule has 0 unspecified atom stereocenters. The highest BCUT2D eigenvalue weighted by atomic mass is 16.5. The largest absolute Gasteiger partial charge is 0.373 e. The highest BCUT2D eigenvalue weighted by Crippen LogP contribution is 2.10. The lowest BCUT2D eigenvalue weighted by molar-refractivity contribution is 0.0935. The summed E-state index contributed by atoms with van der Waals surface area (Å²) in [6.45, 7) is 8.37. The van der Waals surface area contributed by atoms with Gasteiger partial charge >= 0.3 is 0 Å². The van der Waals surface area contributed by atoms with E-state index in [1.165, 1.54) is 0 Å². The number of ether oxygens (including phenoxy) is 1. The average molecular weight is 233 g/mol. The summed E-state index contributed by atoms with van der Waals surface area (Å²) in [6, 6.07) is 7.60. The number of amides is 1. The Kier molecular flexibility index (Phi) is 5.43. The number of hydrogen-bond acceptors (Lipinski definition) is 2. The van der Waals surface area contributed by atoms with Crippen molar-refractivity contribution in [2.75, 3.05) is 6.61 Å². The van der Waals surface area contributed by atoms with Gasteiger partial charge < -0.3 is 10.1 Å². The van der Waals surface area contributed by atoms with E-state index >= 15 is 0 Å². The minimum atomic E-state index is -0.0576. The summed E-state index contributed by atoms with van der Waals surface area (Å²) >= 11 is 0. The van der Waals surface area contributed by atoms with E-state index in [4.69, 9.17) is 4.74 Å². The smallest absolute Gasteiger partial charge is 0.251 e. The summed E-state index contributed by atoms with van der Waals surface area (Å²) in [5.74, 6) is -0.0576. The first-order chi connectivity index (χ1) is 8.15. The molecule has 3 heteroatoms. The molecule has 1 aromatic carbocycles. The van der Waals surface area contributed by atoms with E-state index in [1.807, 2.05) is 38.1 Å². The molecular weight excluding hydrogens is 214 g/mol. The Bertz CT molecular complexity index is 386. The molecule has 0 bridgehead atoms. The SMILES string of the molecule is C=CCOCc1ccccc1C(=O)NC(C)C. The third-order valence-corrected chi connectivity index (χ3v) is 2.18. The molecule has 0 fully saturated rings. The summed E-state index contributed by atoms with van der Waals surface area (Å²) in [4.78, 5) is 11.9. The van der Waals surface area contributed by atoms with Gasteiger partial charge in [0.1, 0.15) is 0 Å². The molecule has 1 N–H and O–H groups in total. The molecule has 0 saturated carbocycles. The van der Waals surface area contributed by atoms with Gasteiger partial charge in [0.25, 0.3) is 5.91 Å². The Morgan fingerprint density at radius 2 is 2.18 bits per heavy atom. The van der Waals surface area contributed by atoms with Crippen LogP contribution in [-0.2, 0) is 11.3 Å². The minimum absolute atomic E-state index is 0.0576. The van der Waals surface area contributed by atoms with Gasteiger partial charge in [0.05, 0.1) is 13.2 Å². The van der Waals surface area contributed by atoms with Crippen LogP contribution in [0.2, 0.25) is 0 Å². The molecule has 0 aliphatic rings. The number of carbonyl (C=O) groups excluding carboxylic acids is 1. The highest BCUT2D eigenvalue weighted by Gasteiger charge is 2.11. The molecule has 0 aliphatic heterocycles. The van der Waals surface area contributed by atoms with Crippen molar-refractivity contribution in [1.82, 2.24) is 5.32 Å². The van der Waals surface area contributed by atoms with E-state index in [-0.39, 0.29) is 11.9 Å². The van der Waals surface area contributed by atoms with Crippen molar-refractivity contribution in [2.45, 2.75) is 26.5 Å². The molecule has 0 aromatic heterocycles. The van der Waals surface area contributed by atoms with Crippen LogP contribution in [0.4, 0.5) is 0 Å². The second-order valence-corrected chi connectivity index (χ2v) is 4.09. The van der Waals surface area contributed by atoms with Gasteiger partial charge in [0.2, 0.25) is 0 Å². The normalized spacial score (nSPS) is 10.3. The molecule has 17 heavy (non-hydrogen) atoms. The fourth-order valence-electron chi connectivity index (χ4n) is 1.46. The van der Waals surface area contributed by atoms with Gasteiger partial charge in [0, 0.05) is 11.6 Å². The van der Waals surface area contributed by atoms with Crippen molar-refractivity contribution in [1.29, 1.82) is 0 Å². The van der Waals surface area contributed by atoms with Crippen LogP contribution in [0.5, 0.6) is 0 Å². The first-order valence-corrected chi connectivity index (χ1v) is 5.72. The maximum Gasteiger partial charge on any atom is 0.251 e. The first kappa shape index (κ1) is 13.5. The average Bonchev–Trinajstić information content (AvgIpc) is 2.29. The number of carbonyl (C=O) groups is 1. The summed E-state index contributed by atoms with van der Waals surface area (Å²) in [6.07, 6.45) is 1.69. The van der Waals surface area contributed by atoms with Crippen LogP contribution >= 0.6 is 0 Å². The maximum atomic E-state index is 11.9. The third-order valence-electron chi connectivity index (χ3n) is 2.18. The zero-order valence-corrected chi connectivity index (χ0v) is 10.4. The molecule has 3 nitrogen and oxygen atoms in total.